The average molecular weight is 476 g/mol. The lowest BCUT2D eigenvalue weighted by Gasteiger charge is -2.22. The Morgan fingerprint density at radius 1 is 1.24 bits per heavy atom. The molecule has 0 unspecified atom stereocenters. The van der Waals surface area contributed by atoms with Crippen molar-refractivity contribution in [1.29, 1.82) is 0 Å². The quantitative estimate of drug-likeness (QED) is 0.304. The number of amides is 1. The van der Waals surface area contributed by atoms with Crippen LogP contribution < -0.4 is 10.3 Å². The summed E-state index contributed by atoms with van der Waals surface area (Å²) in [5.74, 6) is -2.04. The van der Waals surface area contributed by atoms with E-state index in [2.05, 4.69) is 11.6 Å². The zero-order valence-electron chi connectivity index (χ0n) is 17.9. The maximum Gasteiger partial charge on any atom is 0.350 e. The van der Waals surface area contributed by atoms with Gasteiger partial charge in [-0.1, -0.05) is 54.3 Å². The number of para-hydroxylation sites is 1. The maximum absolute atomic E-state index is 15.0. The number of rotatable bonds is 5. The van der Waals surface area contributed by atoms with Crippen molar-refractivity contribution in [2.75, 3.05) is 11.5 Å². The van der Waals surface area contributed by atoms with Gasteiger partial charge in [0.2, 0.25) is 5.76 Å². The van der Waals surface area contributed by atoms with Crippen molar-refractivity contribution in [3.8, 4) is 0 Å². The van der Waals surface area contributed by atoms with Gasteiger partial charge in [-0.15, -0.1) is 0 Å². The van der Waals surface area contributed by atoms with Gasteiger partial charge >= 0.3 is 5.97 Å². The molecule has 2 aromatic heterocycles. The van der Waals surface area contributed by atoms with Crippen molar-refractivity contribution < 1.29 is 23.1 Å². The molecular weight excluding hydrogens is 459 g/mol. The number of esters is 1. The number of fused-ring (bicyclic) bond motifs is 2. The standard InChI is InChI=1S/C25H17FN2O5S/c1-3-12-32-24(31)22-13(2)27-25(34-22)28-19(14-8-4-6-10-16(14)26)18-20(29)15-9-5-7-11-17(15)33-21(18)23(28)30/h3-11,19H,1,12H2,2H3/t19-/m1/s1. The molecule has 170 valence electrons. The number of hydrogen-bond acceptors (Lipinski definition) is 7. The van der Waals surface area contributed by atoms with Gasteiger partial charge in [0.05, 0.1) is 16.6 Å². The van der Waals surface area contributed by atoms with Crippen LogP contribution in [0.3, 0.4) is 0 Å². The number of ether oxygens (including phenoxy) is 1. The van der Waals surface area contributed by atoms with Crippen LogP contribution in [0.5, 0.6) is 0 Å². The molecule has 7 nitrogen and oxygen atoms in total. The van der Waals surface area contributed by atoms with Gasteiger partial charge in [0.15, 0.2) is 10.6 Å². The zero-order chi connectivity index (χ0) is 24.0. The van der Waals surface area contributed by atoms with Crippen molar-refractivity contribution in [1.82, 2.24) is 4.98 Å². The van der Waals surface area contributed by atoms with Crippen LogP contribution in [0.4, 0.5) is 9.52 Å². The molecule has 0 spiro atoms. The Labute approximate surface area is 196 Å². The third kappa shape index (κ3) is 3.32. The molecule has 0 bridgehead atoms. The second-order valence-electron chi connectivity index (χ2n) is 7.57. The minimum absolute atomic E-state index is 0.0163. The summed E-state index contributed by atoms with van der Waals surface area (Å²) in [5, 5.41) is 0.400. The first-order valence-electron chi connectivity index (χ1n) is 10.3. The predicted octanol–water partition coefficient (Wildman–Crippen LogP) is 4.79. The normalized spacial score (nSPS) is 14.9. The van der Waals surface area contributed by atoms with Gasteiger partial charge < -0.3 is 9.15 Å². The predicted molar refractivity (Wildman–Crippen MR) is 125 cm³/mol. The summed E-state index contributed by atoms with van der Waals surface area (Å²) in [7, 11) is 0. The SMILES string of the molecule is C=CCOC(=O)c1sc(N2C(=O)c3oc4ccccc4c(=O)c3[C@H]2c2ccccc2F)nc1C. The molecule has 0 saturated carbocycles. The number of nitrogens with zero attached hydrogens (tertiary/aromatic N) is 2. The number of aromatic nitrogens is 1. The van der Waals surface area contributed by atoms with Crippen molar-refractivity contribution in [3.05, 3.63) is 105 Å². The van der Waals surface area contributed by atoms with Crippen molar-refractivity contribution in [2.24, 2.45) is 0 Å². The Hall–Kier alpha value is -4.11. The molecule has 0 saturated heterocycles. The number of aryl methyl sites for hydroxylation is 1. The number of thiazole rings is 1. The molecular formula is C25H17FN2O5S. The minimum Gasteiger partial charge on any atom is -0.457 e. The van der Waals surface area contributed by atoms with Gasteiger partial charge in [-0.05, 0) is 25.1 Å². The van der Waals surface area contributed by atoms with Gasteiger partial charge in [-0.2, -0.15) is 0 Å². The summed E-state index contributed by atoms with van der Waals surface area (Å²) in [6.07, 6.45) is 1.44. The van der Waals surface area contributed by atoms with E-state index < -0.39 is 29.2 Å². The third-order valence-electron chi connectivity index (χ3n) is 5.49. The third-order valence-corrected chi connectivity index (χ3v) is 6.62. The van der Waals surface area contributed by atoms with Crippen LogP contribution in [0.25, 0.3) is 11.0 Å². The fourth-order valence-corrected chi connectivity index (χ4v) is 4.97. The fraction of sp³-hybridized carbons (Fsp3) is 0.120. The van der Waals surface area contributed by atoms with Gasteiger partial charge in [-0.25, -0.2) is 14.2 Å². The van der Waals surface area contributed by atoms with Crippen LogP contribution in [-0.4, -0.2) is 23.5 Å². The van der Waals surface area contributed by atoms with E-state index in [9.17, 15) is 18.8 Å². The smallest absolute Gasteiger partial charge is 0.350 e. The largest absolute Gasteiger partial charge is 0.457 e. The second kappa shape index (κ2) is 8.35. The van der Waals surface area contributed by atoms with Crippen LogP contribution in [0, 0.1) is 12.7 Å². The summed E-state index contributed by atoms with van der Waals surface area (Å²) >= 11 is 0.923. The lowest BCUT2D eigenvalue weighted by molar-refractivity contribution is 0.0554. The molecule has 0 aliphatic carbocycles. The first-order chi connectivity index (χ1) is 16.4. The Kier molecular flexibility index (Phi) is 5.33. The average Bonchev–Trinajstić information content (AvgIpc) is 3.35. The van der Waals surface area contributed by atoms with E-state index >= 15 is 0 Å². The minimum atomic E-state index is -1.12. The number of hydrogen-bond donors (Lipinski definition) is 0. The highest BCUT2D eigenvalue weighted by molar-refractivity contribution is 7.17. The molecule has 34 heavy (non-hydrogen) atoms. The van der Waals surface area contributed by atoms with Crippen LogP contribution in [0.15, 0.2) is 70.4 Å². The molecule has 0 fully saturated rings. The molecule has 1 atom stereocenters. The molecule has 3 heterocycles. The molecule has 1 aliphatic rings. The first-order valence-corrected chi connectivity index (χ1v) is 11.1. The monoisotopic (exact) mass is 476 g/mol. The summed E-state index contributed by atoms with van der Waals surface area (Å²) in [6, 6.07) is 11.3. The summed E-state index contributed by atoms with van der Waals surface area (Å²) in [5.41, 5.74) is 0.297. The first kappa shape index (κ1) is 21.7. The molecule has 1 aliphatic heterocycles. The Morgan fingerprint density at radius 2 is 1.97 bits per heavy atom. The van der Waals surface area contributed by atoms with Gasteiger partial charge in [0.25, 0.3) is 5.91 Å². The van der Waals surface area contributed by atoms with E-state index in [1.54, 1.807) is 37.3 Å². The highest BCUT2D eigenvalue weighted by atomic mass is 32.1. The van der Waals surface area contributed by atoms with Crippen LogP contribution in [0.2, 0.25) is 0 Å². The summed E-state index contributed by atoms with van der Waals surface area (Å²) in [4.78, 5) is 45.3. The highest BCUT2D eigenvalue weighted by Gasteiger charge is 2.46. The second-order valence-corrected chi connectivity index (χ2v) is 8.54. The van der Waals surface area contributed by atoms with Gasteiger partial charge in [-0.3, -0.25) is 14.5 Å². The lowest BCUT2D eigenvalue weighted by Crippen LogP contribution is -2.30. The van der Waals surface area contributed by atoms with E-state index in [-0.39, 0.29) is 44.5 Å². The van der Waals surface area contributed by atoms with E-state index in [0.29, 0.717) is 5.69 Å². The molecule has 0 radical (unpaired) electrons. The van der Waals surface area contributed by atoms with E-state index in [0.717, 1.165) is 11.3 Å². The Morgan fingerprint density at radius 3 is 2.74 bits per heavy atom. The molecule has 5 rings (SSSR count). The number of carbonyl (C=O) groups excluding carboxylic acids is 2. The van der Waals surface area contributed by atoms with E-state index in [1.165, 1.54) is 29.2 Å². The molecule has 4 aromatic rings. The Balaban J connectivity index is 1.73. The lowest BCUT2D eigenvalue weighted by atomic mass is 9.98. The molecule has 0 N–H and O–H groups in total. The van der Waals surface area contributed by atoms with E-state index in [4.69, 9.17) is 9.15 Å². The van der Waals surface area contributed by atoms with Crippen LogP contribution >= 0.6 is 11.3 Å². The number of halogens is 1. The fourth-order valence-electron chi connectivity index (χ4n) is 3.98. The highest BCUT2D eigenvalue weighted by Crippen LogP contribution is 2.43. The van der Waals surface area contributed by atoms with Gasteiger partial charge in [0, 0.05) is 5.56 Å². The number of carbonyl (C=O) groups is 2. The molecule has 1 amide bonds. The van der Waals surface area contributed by atoms with Crippen molar-refractivity contribution in [3.63, 3.8) is 0 Å². The summed E-state index contributed by atoms with van der Waals surface area (Å²) in [6.45, 7) is 5.14. The van der Waals surface area contributed by atoms with E-state index in [1.807, 2.05) is 0 Å². The zero-order valence-corrected chi connectivity index (χ0v) is 18.7. The maximum atomic E-state index is 15.0. The topological polar surface area (TPSA) is 89.7 Å². The van der Waals surface area contributed by atoms with Gasteiger partial charge in [0.1, 0.15) is 28.9 Å². The summed E-state index contributed by atoms with van der Waals surface area (Å²) < 4.78 is 25.9. The molecule has 2 aromatic carbocycles. The molecule has 9 heteroatoms. The number of benzene rings is 2. The van der Waals surface area contributed by atoms with Crippen molar-refractivity contribution >= 4 is 39.3 Å². The van der Waals surface area contributed by atoms with Crippen LogP contribution in [0.1, 0.15) is 43.1 Å². The van der Waals surface area contributed by atoms with Crippen LogP contribution in [-0.2, 0) is 4.74 Å². The van der Waals surface area contributed by atoms with Crippen molar-refractivity contribution in [2.45, 2.75) is 13.0 Å². The Bertz CT molecular complexity index is 1540. The number of anilines is 1.